The van der Waals surface area contributed by atoms with Gasteiger partial charge in [0.2, 0.25) is 0 Å². The van der Waals surface area contributed by atoms with Crippen LogP contribution in [0.4, 0.5) is 0 Å². The number of aromatic nitrogens is 3. The number of nitrogens with one attached hydrogen (secondary N) is 1. The summed E-state index contributed by atoms with van der Waals surface area (Å²) in [6.07, 6.45) is 0.756. The molecule has 2 heterocycles. The molecule has 0 aliphatic heterocycles. The normalized spacial score (nSPS) is 12.3. The van der Waals surface area contributed by atoms with E-state index < -0.39 is 11.2 Å². The monoisotopic (exact) mass is 499 g/mol. The van der Waals surface area contributed by atoms with Crippen molar-refractivity contribution in [1.29, 1.82) is 0 Å². The Morgan fingerprint density at radius 1 is 1.17 bits per heavy atom. The van der Waals surface area contributed by atoms with E-state index in [1.165, 1.54) is 11.8 Å². The first kappa shape index (κ1) is 26.7. The number of aryl methyl sites for hydroxylation is 1. The maximum Gasteiger partial charge on any atom is 0.340 e. The van der Waals surface area contributed by atoms with Crippen molar-refractivity contribution in [2.45, 2.75) is 71.0 Å². The Labute approximate surface area is 209 Å². The standard InChI is InChI=1S/C26H33N3O5S/c1-7-33-25(32)21-16(4)22(27-17(21)5)23(30)18(6)35-26-28-20-12-9-8-11-19(20)24(31)29(26)13-10-14-34-15(2)3/h8-9,11-12,15,18,27H,7,10,13-14H2,1-6H3. The number of benzene rings is 1. The molecule has 3 rings (SSSR count). The van der Waals surface area contributed by atoms with E-state index >= 15 is 0 Å². The van der Waals surface area contributed by atoms with Crippen molar-refractivity contribution in [1.82, 2.24) is 14.5 Å². The number of para-hydroxylation sites is 1. The summed E-state index contributed by atoms with van der Waals surface area (Å²) in [4.78, 5) is 46.7. The van der Waals surface area contributed by atoms with Crippen molar-refractivity contribution >= 4 is 34.4 Å². The van der Waals surface area contributed by atoms with Gasteiger partial charge in [-0.25, -0.2) is 9.78 Å². The highest BCUT2D eigenvalue weighted by molar-refractivity contribution is 8.00. The Hall–Kier alpha value is -2.91. The van der Waals surface area contributed by atoms with E-state index in [0.717, 1.165) is 0 Å². The Balaban J connectivity index is 1.91. The number of aromatic amines is 1. The number of thioether (sulfide) groups is 1. The Morgan fingerprint density at radius 2 is 1.89 bits per heavy atom. The van der Waals surface area contributed by atoms with Gasteiger partial charge >= 0.3 is 5.97 Å². The Bertz CT molecular complexity index is 1280. The summed E-state index contributed by atoms with van der Waals surface area (Å²) in [7, 11) is 0. The van der Waals surface area contributed by atoms with E-state index in [1.807, 2.05) is 26.0 Å². The molecular weight excluding hydrogens is 466 g/mol. The lowest BCUT2D eigenvalue weighted by Crippen LogP contribution is -2.26. The van der Waals surface area contributed by atoms with Gasteiger partial charge in [0, 0.05) is 18.8 Å². The highest BCUT2D eigenvalue weighted by atomic mass is 32.2. The van der Waals surface area contributed by atoms with Crippen molar-refractivity contribution in [2.24, 2.45) is 0 Å². The fourth-order valence-electron chi connectivity index (χ4n) is 3.90. The Kier molecular flexibility index (Phi) is 8.91. The van der Waals surface area contributed by atoms with Crippen LogP contribution >= 0.6 is 11.8 Å². The molecule has 2 aromatic heterocycles. The number of hydrogen-bond donors (Lipinski definition) is 1. The van der Waals surface area contributed by atoms with Crippen LogP contribution in [0.2, 0.25) is 0 Å². The molecule has 0 bridgehead atoms. The van der Waals surface area contributed by atoms with E-state index in [9.17, 15) is 14.4 Å². The minimum atomic E-state index is -0.548. The van der Waals surface area contributed by atoms with Gasteiger partial charge in [0.05, 0.1) is 40.1 Å². The number of ether oxygens (including phenoxy) is 2. The third-order valence-corrected chi connectivity index (χ3v) is 6.71. The van der Waals surface area contributed by atoms with Gasteiger partial charge < -0.3 is 14.5 Å². The number of Topliss-reactive ketones (excluding diaryl/α,β-unsaturated/α-hetero) is 1. The molecule has 3 aromatic rings. The molecule has 0 spiro atoms. The van der Waals surface area contributed by atoms with Crippen LogP contribution in [0.15, 0.2) is 34.2 Å². The number of H-pyrrole nitrogens is 1. The molecule has 0 fully saturated rings. The maximum atomic E-state index is 13.4. The van der Waals surface area contributed by atoms with Crippen LogP contribution in [0.5, 0.6) is 0 Å². The van der Waals surface area contributed by atoms with Gasteiger partial charge in [-0.15, -0.1) is 0 Å². The van der Waals surface area contributed by atoms with Gasteiger partial charge in [0.25, 0.3) is 5.56 Å². The first-order valence-electron chi connectivity index (χ1n) is 11.8. The molecule has 9 heteroatoms. The van der Waals surface area contributed by atoms with Crippen molar-refractivity contribution in [2.75, 3.05) is 13.2 Å². The zero-order valence-electron chi connectivity index (χ0n) is 21.1. The number of carbonyl (C=O) groups is 2. The molecule has 1 N–H and O–H groups in total. The molecule has 35 heavy (non-hydrogen) atoms. The first-order chi connectivity index (χ1) is 16.6. The highest BCUT2D eigenvalue weighted by Gasteiger charge is 2.27. The molecule has 8 nitrogen and oxygen atoms in total. The molecule has 1 unspecified atom stereocenters. The van der Waals surface area contributed by atoms with Crippen molar-refractivity contribution in [3.8, 4) is 0 Å². The van der Waals surface area contributed by atoms with Crippen LogP contribution in [0.3, 0.4) is 0 Å². The minimum absolute atomic E-state index is 0.111. The van der Waals surface area contributed by atoms with E-state index in [2.05, 4.69) is 4.98 Å². The molecule has 0 saturated heterocycles. The lowest BCUT2D eigenvalue weighted by molar-refractivity contribution is 0.0525. The first-order valence-corrected chi connectivity index (χ1v) is 12.7. The third-order valence-electron chi connectivity index (χ3n) is 5.62. The second-order valence-electron chi connectivity index (χ2n) is 8.61. The second-order valence-corrected chi connectivity index (χ2v) is 9.92. The van der Waals surface area contributed by atoms with Crippen LogP contribution in [0.1, 0.15) is 66.2 Å². The van der Waals surface area contributed by atoms with Gasteiger partial charge in [-0.1, -0.05) is 23.9 Å². The molecule has 0 saturated carbocycles. The Morgan fingerprint density at radius 3 is 2.57 bits per heavy atom. The SMILES string of the molecule is CCOC(=O)c1c(C)[nH]c(C(=O)C(C)Sc2nc3ccccc3c(=O)n2CCCOC(C)C)c1C. The number of carbonyl (C=O) groups excluding carboxylic acids is 2. The van der Waals surface area contributed by atoms with E-state index in [0.29, 0.717) is 58.1 Å². The summed E-state index contributed by atoms with van der Waals surface area (Å²) in [5, 5.41) is 0.467. The average Bonchev–Trinajstić information content (AvgIpc) is 3.11. The zero-order chi connectivity index (χ0) is 25.7. The highest BCUT2D eigenvalue weighted by Crippen LogP contribution is 2.28. The summed E-state index contributed by atoms with van der Waals surface area (Å²) in [6, 6.07) is 7.20. The lowest BCUT2D eigenvalue weighted by atomic mass is 10.1. The van der Waals surface area contributed by atoms with Crippen LogP contribution in [0.25, 0.3) is 10.9 Å². The molecular formula is C26H33N3O5S. The summed E-state index contributed by atoms with van der Waals surface area (Å²) < 4.78 is 12.4. The van der Waals surface area contributed by atoms with Gasteiger partial charge in [-0.2, -0.15) is 0 Å². The fourth-order valence-corrected chi connectivity index (χ4v) is 4.89. The van der Waals surface area contributed by atoms with Gasteiger partial charge in [0.15, 0.2) is 10.9 Å². The summed E-state index contributed by atoms with van der Waals surface area (Å²) in [6.45, 7) is 12.1. The molecule has 1 aromatic carbocycles. The quantitative estimate of drug-likeness (QED) is 0.134. The number of rotatable bonds is 11. The second kappa shape index (κ2) is 11.7. The molecule has 0 aliphatic rings. The number of esters is 1. The predicted octanol–water partition coefficient (Wildman–Crippen LogP) is 4.70. The number of ketones is 1. The lowest BCUT2D eigenvalue weighted by Gasteiger charge is -2.16. The zero-order valence-corrected chi connectivity index (χ0v) is 22.0. The minimum Gasteiger partial charge on any atom is -0.462 e. The molecule has 188 valence electrons. The molecule has 0 aliphatic carbocycles. The maximum absolute atomic E-state index is 13.4. The molecule has 1 atom stereocenters. The number of nitrogens with zero attached hydrogens (tertiary/aromatic N) is 2. The van der Waals surface area contributed by atoms with E-state index in [1.54, 1.807) is 44.4 Å². The van der Waals surface area contributed by atoms with Crippen LogP contribution in [-0.2, 0) is 16.0 Å². The van der Waals surface area contributed by atoms with Crippen LogP contribution < -0.4 is 5.56 Å². The summed E-state index contributed by atoms with van der Waals surface area (Å²) in [5.74, 6) is -0.630. The number of fused-ring (bicyclic) bond motifs is 1. The predicted molar refractivity (Wildman–Crippen MR) is 138 cm³/mol. The van der Waals surface area contributed by atoms with Crippen LogP contribution in [0, 0.1) is 13.8 Å². The third kappa shape index (κ3) is 6.02. The smallest absolute Gasteiger partial charge is 0.340 e. The summed E-state index contributed by atoms with van der Waals surface area (Å²) in [5.41, 5.74) is 2.36. The van der Waals surface area contributed by atoms with Crippen LogP contribution in [-0.4, -0.2) is 50.9 Å². The molecule has 0 radical (unpaired) electrons. The molecule has 0 amide bonds. The average molecular weight is 500 g/mol. The van der Waals surface area contributed by atoms with Crippen molar-refractivity contribution < 1.29 is 19.1 Å². The van der Waals surface area contributed by atoms with E-state index in [4.69, 9.17) is 14.5 Å². The van der Waals surface area contributed by atoms with Gasteiger partial charge in [0.1, 0.15) is 0 Å². The van der Waals surface area contributed by atoms with Crippen molar-refractivity contribution in [3.05, 3.63) is 57.1 Å². The van der Waals surface area contributed by atoms with E-state index in [-0.39, 0.29) is 24.1 Å². The summed E-state index contributed by atoms with van der Waals surface area (Å²) >= 11 is 1.23. The van der Waals surface area contributed by atoms with Gasteiger partial charge in [-0.3, -0.25) is 14.2 Å². The van der Waals surface area contributed by atoms with Gasteiger partial charge in [-0.05, 0) is 65.7 Å². The number of hydrogen-bond acceptors (Lipinski definition) is 7. The van der Waals surface area contributed by atoms with Crippen molar-refractivity contribution in [3.63, 3.8) is 0 Å². The topological polar surface area (TPSA) is 103 Å². The largest absolute Gasteiger partial charge is 0.462 e. The fraction of sp³-hybridized carbons (Fsp3) is 0.462.